The lowest BCUT2D eigenvalue weighted by molar-refractivity contribution is -0.122. The molecule has 2 aromatic carbocycles. The van der Waals surface area contributed by atoms with Gasteiger partial charge in [-0.05, 0) is 75.9 Å². The number of hydrogen-bond acceptors (Lipinski definition) is 3. The van der Waals surface area contributed by atoms with Gasteiger partial charge in [-0.2, -0.15) is 0 Å². The summed E-state index contributed by atoms with van der Waals surface area (Å²) in [6, 6.07) is 11.6. The van der Waals surface area contributed by atoms with E-state index in [0.29, 0.717) is 5.92 Å². The van der Waals surface area contributed by atoms with Crippen LogP contribution >= 0.6 is 0 Å². The highest BCUT2D eigenvalue weighted by atomic mass is 16.2. The fourth-order valence-corrected chi connectivity index (χ4v) is 3.50. The Morgan fingerprint density at radius 2 is 1.53 bits per heavy atom. The molecule has 0 saturated heterocycles. The number of hydrogen-bond donors (Lipinski definition) is 2. The summed E-state index contributed by atoms with van der Waals surface area (Å²) >= 11 is 0. The third kappa shape index (κ3) is 6.17. The lowest BCUT2D eigenvalue weighted by Crippen LogP contribution is -2.43. The zero-order valence-electron chi connectivity index (χ0n) is 19.3. The van der Waals surface area contributed by atoms with Crippen LogP contribution in [0.15, 0.2) is 36.4 Å². The lowest BCUT2D eigenvalue weighted by atomic mass is 9.98. The van der Waals surface area contributed by atoms with Gasteiger partial charge in [-0.15, -0.1) is 0 Å². The van der Waals surface area contributed by atoms with Gasteiger partial charge in [0.15, 0.2) is 0 Å². The van der Waals surface area contributed by atoms with E-state index >= 15 is 0 Å². The van der Waals surface area contributed by atoms with Crippen LogP contribution in [0.25, 0.3) is 0 Å². The first-order valence-corrected chi connectivity index (χ1v) is 10.6. The molecule has 30 heavy (non-hydrogen) atoms. The summed E-state index contributed by atoms with van der Waals surface area (Å²) in [6.45, 7) is 12.3. The van der Waals surface area contributed by atoms with Crippen LogP contribution in [0, 0.1) is 20.8 Å². The molecule has 0 aliphatic carbocycles. The Balaban J connectivity index is 1.94. The Labute approximate surface area is 180 Å². The molecule has 2 rings (SSSR count). The molecule has 2 atom stereocenters. The van der Waals surface area contributed by atoms with Crippen LogP contribution in [0.1, 0.15) is 55.4 Å². The van der Waals surface area contributed by atoms with Crippen LogP contribution in [0.4, 0.5) is 11.4 Å². The van der Waals surface area contributed by atoms with Gasteiger partial charge in [0.1, 0.15) is 0 Å². The molecule has 2 N–H and O–H groups in total. The molecule has 2 aromatic rings. The molecule has 2 amide bonds. The summed E-state index contributed by atoms with van der Waals surface area (Å²) in [7, 11) is 1.78. The standard InChI is InChI=1S/C25H35N3O2/c1-8-17(3)21-9-11-22(12-10-21)26-25(30)20(6)28(7)15-23(29)27-24-18(4)13-16(2)14-19(24)5/h9-14,17,20H,8,15H2,1-7H3,(H,26,30)(H,27,29)/t17-,20+/m0/s1. The smallest absolute Gasteiger partial charge is 0.241 e. The molecule has 0 saturated carbocycles. The lowest BCUT2D eigenvalue weighted by Gasteiger charge is -2.24. The summed E-state index contributed by atoms with van der Waals surface area (Å²) in [4.78, 5) is 26.9. The molecule has 0 aliphatic rings. The fraction of sp³-hybridized carbons (Fsp3) is 0.440. The van der Waals surface area contributed by atoms with Gasteiger partial charge < -0.3 is 10.6 Å². The van der Waals surface area contributed by atoms with E-state index in [1.165, 1.54) is 11.1 Å². The van der Waals surface area contributed by atoms with Gasteiger partial charge in [0.2, 0.25) is 11.8 Å². The van der Waals surface area contributed by atoms with Crippen molar-refractivity contribution in [2.75, 3.05) is 24.2 Å². The first-order valence-electron chi connectivity index (χ1n) is 10.6. The average Bonchev–Trinajstić information content (AvgIpc) is 2.69. The van der Waals surface area contributed by atoms with Crippen LogP contribution in [0.5, 0.6) is 0 Å². The van der Waals surface area contributed by atoms with E-state index in [9.17, 15) is 9.59 Å². The van der Waals surface area contributed by atoms with Crippen molar-refractivity contribution < 1.29 is 9.59 Å². The predicted octanol–water partition coefficient (Wildman–Crippen LogP) is 5.02. The van der Waals surface area contributed by atoms with E-state index in [4.69, 9.17) is 0 Å². The van der Waals surface area contributed by atoms with Gasteiger partial charge in [-0.3, -0.25) is 14.5 Å². The predicted molar refractivity (Wildman–Crippen MR) is 125 cm³/mol. The summed E-state index contributed by atoms with van der Waals surface area (Å²) < 4.78 is 0. The highest BCUT2D eigenvalue weighted by molar-refractivity contribution is 5.96. The highest BCUT2D eigenvalue weighted by Crippen LogP contribution is 2.22. The maximum atomic E-state index is 12.6. The number of rotatable bonds is 8. The van der Waals surface area contributed by atoms with Crippen molar-refractivity contribution in [3.05, 3.63) is 58.7 Å². The number of carbonyl (C=O) groups is 2. The minimum Gasteiger partial charge on any atom is -0.325 e. The number of aryl methyl sites for hydroxylation is 3. The zero-order chi connectivity index (χ0) is 22.4. The summed E-state index contributed by atoms with van der Waals surface area (Å²) in [5, 5.41) is 5.93. The number of nitrogens with zero attached hydrogens (tertiary/aromatic N) is 1. The molecule has 162 valence electrons. The number of amides is 2. The van der Waals surface area contributed by atoms with Gasteiger partial charge in [-0.1, -0.05) is 43.7 Å². The van der Waals surface area contributed by atoms with Crippen molar-refractivity contribution in [3.8, 4) is 0 Å². The van der Waals surface area contributed by atoms with Crippen LogP contribution in [0.2, 0.25) is 0 Å². The van der Waals surface area contributed by atoms with Crippen molar-refractivity contribution in [3.63, 3.8) is 0 Å². The molecule has 5 nitrogen and oxygen atoms in total. The van der Waals surface area contributed by atoms with E-state index < -0.39 is 6.04 Å². The highest BCUT2D eigenvalue weighted by Gasteiger charge is 2.21. The number of anilines is 2. The van der Waals surface area contributed by atoms with Crippen molar-refractivity contribution in [1.82, 2.24) is 4.90 Å². The number of carbonyl (C=O) groups excluding carboxylic acids is 2. The molecule has 0 unspecified atom stereocenters. The van der Waals surface area contributed by atoms with Crippen molar-refractivity contribution in [2.45, 2.75) is 59.9 Å². The van der Waals surface area contributed by atoms with Crippen molar-refractivity contribution in [1.29, 1.82) is 0 Å². The molecule has 0 heterocycles. The Bertz CT molecular complexity index is 867. The fourth-order valence-electron chi connectivity index (χ4n) is 3.50. The second-order valence-electron chi connectivity index (χ2n) is 8.33. The van der Waals surface area contributed by atoms with Crippen molar-refractivity contribution in [2.24, 2.45) is 0 Å². The summed E-state index contributed by atoms with van der Waals surface area (Å²) in [5.41, 5.74) is 6.12. The first kappa shape index (κ1) is 23.6. The van der Waals surface area contributed by atoms with Crippen LogP contribution < -0.4 is 10.6 Å². The largest absolute Gasteiger partial charge is 0.325 e. The van der Waals surface area contributed by atoms with Gasteiger partial charge in [-0.25, -0.2) is 0 Å². The molecule has 0 aliphatic heterocycles. The molecule has 0 bridgehead atoms. The number of nitrogens with one attached hydrogen (secondary N) is 2. The average molecular weight is 410 g/mol. The molecule has 0 aromatic heterocycles. The number of benzene rings is 2. The summed E-state index contributed by atoms with van der Waals surface area (Å²) in [6.07, 6.45) is 1.08. The minimum absolute atomic E-state index is 0.133. The Morgan fingerprint density at radius 3 is 2.07 bits per heavy atom. The molecule has 0 fully saturated rings. The van der Waals surface area contributed by atoms with E-state index in [-0.39, 0.29) is 18.4 Å². The monoisotopic (exact) mass is 409 g/mol. The Kier molecular flexibility index (Phi) is 8.18. The third-order valence-corrected chi connectivity index (χ3v) is 5.73. The van der Waals surface area contributed by atoms with E-state index in [0.717, 1.165) is 28.9 Å². The van der Waals surface area contributed by atoms with Crippen LogP contribution in [0.3, 0.4) is 0 Å². The van der Waals surface area contributed by atoms with Crippen LogP contribution in [-0.2, 0) is 9.59 Å². The molecule has 0 radical (unpaired) electrons. The molecule has 5 heteroatoms. The van der Waals surface area contributed by atoms with Gasteiger partial charge in [0, 0.05) is 11.4 Å². The summed E-state index contributed by atoms with van der Waals surface area (Å²) in [5.74, 6) is 0.230. The van der Waals surface area contributed by atoms with E-state index in [1.807, 2.05) is 32.9 Å². The second kappa shape index (κ2) is 10.4. The first-order chi connectivity index (χ1) is 14.1. The van der Waals surface area contributed by atoms with E-state index in [1.54, 1.807) is 18.9 Å². The zero-order valence-corrected chi connectivity index (χ0v) is 19.3. The van der Waals surface area contributed by atoms with Gasteiger partial charge >= 0.3 is 0 Å². The van der Waals surface area contributed by atoms with Crippen molar-refractivity contribution >= 4 is 23.2 Å². The molecular weight excluding hydrogens is 374 g/mol. The minimum atomic E-state index is -0.440. The van der Waals surface area contributed by atoms with Gasteiger partial charge in [0.25, 0.3) is 0 Å². The van der Waals surface area contributed by atoms with Crippen LogP contribution in [-0.4, -0.2) is 36.3 Å². The number of likely N-dealkylation sites (N-methyl/N-ethyl adjacent to an activating group) is 1. The third-order valence-electron chi connectivity index (χ3n) is 5.73. The Morgan fingerprint density at radius 1 is 0.967 bits per heavy atom. The molecule has 0 spiro atoms. The normalized spacial score (nSPS) is 13.1. The SMILES string of the molecule is CC[C@H](C)c1ccc(NC(=O)[C@@H](C)N(C)CC(=O)Nc2c(C)cc(C)cc2C)cc1. The van der Waals surface area contributed by atoms with Gasteiger partial charge in [0.05, 0.1) is 12.6 Å². The second-order valence-corrected chi connectivity index (χ2v) is 8.33. The Hall–Kier alpha value is -2.66. The van der Waals surface area contributed by atoms with E-state index in [2.05, 4.69) is 48.7 Å². The quantitative estimate of drug-likeness (QED) is 0.643. The topological polar surface area (TPSA) is 61.4 Å². The molecular formula is C25H35N3O2. The maximum absolute atomic E-state index is 12.6. The maximum Gasteiger partial charge on any atom is 0.241 e.